The average molecular weight is 393 g/mol. The van der Waals surface area contributed by atoms with Crippen molar-refractivity contribution >= 4 is 17.9 Å². The Kier molecular flexibility index (Phi) is 9.84. The van der Waals surface area contributed by atoms with E-state index in [4.69, 9.17) is 9.47 Å². The summed E-state index contributed by atoms with van der Waals surface area (Å²) in [5, 5.41) is 7.88. The molecule has 0 unspecified atom stereocenters. The Morgan fingerprint density at radius 2 is 1.68 bits per heavy atom. The zero-order chi connectivity index (χ0) is 21.0. The van der Waals surface area contributed by atoms with Gasteiger partial charge >= 0.3 is 6.09 Å². The molecule has 8 nitrogen and oxygen atoms in total. The topological polar surface area (TPSA) is 106 Å². The minimum absolute atomic E-state index is 0.0410. The zero-order valence-electron chi connectivity index (χ0n) is 17.1. The van der Waals surface area contributed by atoms with Crippen LogP contribution in [0.5, 0.6) is 5.75 Å². The normalized spacial score (nSPS) is 10.7. The number of hydrogen-bond donors (Lipinski definition) is 3. The van der Waals surface area contributed by atoms with Crippen LogP contribution in [0.2, 0.25) is 0 Å². The molecule has 3 amide bonds. The molecular formula is C20H31N3O5. The molecule has 0 aliphatic heterocycles. The number of carbonyl (C=O) groups is 3. The number of carbonyl (C=O) groups excluding carboxylic acids is 3. The molecule has 0 aliphatic carbocycles. The fraction of sp³-hybridized carbons (Fsp3) is 0.550. The Bertz CT molecular complexity index is 655. The van der Waals surface area contributed by atoms with Crippen LogP contribution in [-0.2, 0) is 20.7 Å². The third kappa shape index (κ3) is 11.1. The van der Waals surface area contributed by atoms with Crippen LogP contribution >= 0.6 is 0 Å². The minimum Gasteiger partial charge on any atom is -0.497 e. The molecule has 3 N–H and O–H groups in total. The third-order valence-corrected chi connectivity index (χ3v) is 3.56. The van der Waals surface area contributed by atoms with Crippen LogP contribution in [-0.4, -0.2) is 50.3 Å². The standard InChI is InChI=1S/C20H31N3O5/c1-20(2,3)28-19(26)23-14-18(25)22-12-6-11-21-17(24)10-9-15-7-5-8-16(13-15)27-4/h5,7-8,13H,6,9-12,14H2,1-4H3,(H,21,24)(H,22,25)(H,23,26). The highest BCUT2D eigenvalue weighted by Gasteiger charge is 2.16. The minimum atomic E-state index is -0.633. The monoisotopic (exact) mass is 393 g/mol. The molecule has 0 aliphatic rings. The second-order valence-electron chi connectivity index (χ2n) is 7.26. The van der Waals surface area contributed by atoms with Gasteiger partial charge in [-0.2, -0.15) is 0 Å². The van der Waals surface area contributed by atoms with Crippen molar-refractivity contribution in [2.45, 2.75) is 45.6 Å². The summed E-state index contributed by atoms with van der Waals surface area (Å²) < 4.78 is 10.2. The maximum absolute atomic E-state index is 11.9. The smallest absolute Gasteiger partial charge is 0.408 e. The van der Waals surface area contributed by atoms with E-state index in [0.717, 1.165) is 11.3 Å². The van der Waals surface area contributed by atoms with Gasteiger partial charge in [0.05, 0.1) is 13.7 Å². The Morgan fingerprint density at radius 3 is 2.32 bits per heavy atom. The van der Waals surface area contributed by atoms with E-state index in [9.17, 15) is 14.4 Å². The molecule has 8 heteroatoms. The summed E-state index contributed by atoms with van der Waals surface area (Å²) in [6.07, 6.45) is 0.990. The molecule has 0 saturated carbocycles. The lowest BCUT2D eigenvalue weighted by atomic mass is 10.1. The summed E-state index contributed by atoms with van der Waals surface area (Å²) >= 11 is 0. The molecule has 0 spiro atoms. The van der Waals surface area contributed by atoms with E-state index in [1.165, 1.54) is 0 Å². The number of methoxy groups -OCH3 is 1. The lowest BCUT2D eigenvalue weighted by Gasteiger charge is -2.19. The highest BCUT2D eigenvalue weighted by atomic mass is 16.6. The van der Waals surface area contributed by atoms with Gasteiger partial charge in [-0.25, -0.2) is 4.79 Å². The Labute approximate surface area is 166 Å². The number of aryl methyl sites for hydroxylation is 1. The number of hydrogen-bond acceptors (Lipinski definition) is 5. The number of amides is 3. The number of ether oxygens (including phenoxy) is 2. The van der Waals surface area contributed by atoms with Crippen LogP contribution in [0.25, 0.3) is 0 Å². The highest BCUT2D eigenvalue weighted by Crippen LogP contribution is 2.13. The molecule has 1 aromatic rings. The fourth-order valence-electron chi connectivity index (χ4n) is 2.25. The first-order valence-electron chi connectivity index (χ1n) is 9.33. The zero-order valence-corrected chi connectivity index (χ0v) is 17.1. The lowest BCUT2D eigenvalue weighted by molar-refractivity contribution is -0.121. The van der Waals surface area contributed by atoms with Gasteiger partial charge < -0.3 is 25.4 Å². The summed E-state index contributed by atoms with van der Waals surface area (Å²) in [5.74, 6) is 0.422. The highest BCUT2D eigenvalue weighted by molar-refractivity contribution is 5.82. The van der Waals surface area contributed by atoms with E-state index >= 15 is 0 Å². The first kappa shape index (κ1) is 23.3. The van der Waals surface area contributed by atoms with Crippen molar-refractivity contribution in [2.75, 3.05) is 26.7 Å². The predicted molar refractivity (Wildman–Crippen MR) is 106 cm³/mol. The molecule has 0 atom stereocenters. The van der Waals surface area contributed by atoms with Crippen molar-refractivity contribution in [3.63, 3.8) is 0 Å². The summed E-state index contributed by atoms with van der Waals surface area (Å²) in [6, 6.07) is 7.62. The lowest BCUT2D eigenvalue weighted by Crippen LogP contribution is -2.40. The van der Waals surface area contributed by atoms with Crippen molar-refractivity contribution in [1.82, 2.24) is 16.0 Å². The second kappa shape index (κ2) is 11.8. The van der Waals surface area contributed by atoms with E-state index in [1.54, 1.807) is 27.9 Å². The fourth-order valence-corrected chi connectivity index (χ4v) is 2.25. The second-order valence-corrected chi connectivity index (χ2v) is 7.26. The molecule has 0 heterocycles. The van der Waals surface area contributed by atoms with Crippen molar-refractivity contribution in [1.29, 1.82) is 0 Å². The quantitative estimate of drug-likeness (QED) is 0.526. The van der Waals surface area contributed by atoms with Crippen molar-refractivity contribution in [2.24, 2.45) is 0 Å². The van der Waals surface area contributed by atoms with Gasteiger partial charge in [0.2, 0.25) is 11.8 Å². The van der Waals surface area contributed by atoms with Crippen LogP contribution in [0.3, 0.4) is 0 Å². The maximum Gasteiger partial charge on any atom is 0.408 e. The predicted octanol–water partition coefficient (Wildman–Crippen LogP) is 1.77. The Morgan fingerprint density at radius 1 is 1.00 bits per heavy atom. The van der Waals surface area contributed by atoms with E-state index in [2.05, 4.69) is 16.0 Å². The maximum atomic E-state index is 11.9. The van der Waals surface area contributed by atoms with Gasteiger partial charge in [0, 0.05) is 19.5 Å². The Hall–Kier alpha value is -2.77. The van der Waals surface area contributed by atoms with Crippen LogP contribution in [0, 0.1) is 0 Å². The Balaban J connectivity index is 2.09. The molecule has 0 aromatic heterocycles. The van der Waals surface area contributed by atoms with Gasteiger partial charge in [-0.3, -0.25) is 9.59 Å². The summed E-state index contributed by atoms with van der Waals surface area (Å²) in [4.78, 5) is 35.0. The van der Waals surface area contributed by atoms with Crippen molar-refractivity contribution in [3.05, 3.63) is 29.8 Å². The molecule has 1 aromatic carbocycles. The van der Waals surface area contributed by atoms with E-state index < -0.39 is 11.7 Å². The summed E-state index contributed by atoms with van der Waals surface area (Å²) in [6.45, 7) is 5.97. The first-order chi connectivity index (χ1) is 13.2. The van der Waals surface area contributed by atoms with Crippen LogP contribution in [0.1, 0.15) is 39.2 Å². The molecule has 0 saturated heterocycles. The molecule has 0 fully saturated rings. The van der Waals surface area contributed by atoms with Crippen LogP contribution < -0.4 is 20.7 Å². The van der Waals surface area contributed by atoms with Gasteiger partial charge in [-0.1, -0.05) is 12.1 Å². The van der Waals surface area contributed by atoms with E-state index in [-0.39, 0.29) is 18.4 Å². The van der Waals surface area contributed by atoms with E-state index in [0.29, 0.717) is 32.4 Å². The molecular weight excluding hydrogens is 362 g/mol. The van der Waals surface area contributed by atoms with Gasteiger partial charge in [0.15, 0.2) is 0 Å². The number of alkyl carbamates (subject to hydrolysis) is 1. The van der Waals surface area contributed by atoms with Gasteiger partial charge in [-0.05, 0) is 51.3 Å². The first-order valence-corrected chi connectivity index (χ1v) is 9.33. The number of benzene rings is 1. The number of nitrogens with one attached hydrogen (secondary N) is 3. The largest absolute Gasteiger partial charge is 0.497 e. The van der Waals surface area contributed by atoms with Gasteiger partial charge in [0.1, 0.15) is 11.4 Å². The average Bonchev–Trinajstić information content (AvgIpc) is 2.63. The number of rotatable bonds is 10. The van der Waals surface area contributed by atoms with Crippen molar-refractivity contribution in [3.8, 4) is 5.75 Å². The van der Waals surface area contributed by atoms with Gasteiger partial charge in [0.25, 0.3) is 0 Å². The van der Waals surface area contributed by atoms with E-state index in [1.807, 2.05) is 24.3 Å². The molecule has 156 valence electrons. The molecule has 1 rings (SSSR count). The van der Waals surface area contributed by atoms with Gasteiger partial charge in [-0.15, -0.1) is 0 Å². The molecule has 0 radical (unpaired) electrons. The van der Waals surface area contributed by atoms with Crippen LogP contribution in [0.15, 0.2) is 24.3 Å². The summed E-state index contributed by atoms with van der Waals surface area (Å²) in [7, 11) is 1.61. The third-order valence-electron chi connectivity index (χ3n) is 3.56. The molecule has 28 heavy (non-hydrogen) atoms. The summed E-state index contributed by atoms with van der Waals surface area (Å²) in [5.41, 5.74) is 0.435. The SMILES string of the molecule is COc1cccc(CCC(=O)NCCCNC(=O)CNC(=O)OC(C)(C)C)c1. The molecule has 0 bridgehead atoms. The van der Waals surface area contributed by atoms with Crippen LogP contribution in [0.4, 0.5) is 4.79 Å². The van der Waals surface area contributed by atoms with Crippen molar-refractivity contribution < 1.29 is 23.9 Å².